The minimum Gasteiger partial charge on any atom is -0.462 e. The molecule has 28 heavy (non-hydrogen) atoms. The van der Waals surface area contributed by atoms with Crippen molar-refractivity contribution in [1.82, 2.24) is 0 Å². The molecule has 0 amide bonds. The summed E-state index contributed by atoms with van der Waals surface area (Å²) >= 11 is 0. The number of carbonyl (C=O) groups is 1. The molecule has 0 spiro atoms. The Morgan fingerprint density at radius 1 is 0.857 bits per heavy atom. The molecule has 0 saturated carbocycles. The fourth-order valence-electron chi connectivity index (χ4n) is 3.53. The van der Waals surface area contributed by atoms with Crippen molar-refractivity contribution in [2.75, 3.05) is 6.61 Å². The summed E-state index contributed by atoms with van der Waals surface area (Å²) in [6.45, 7) is 17.3. The van der Waals surface area contributed by atoms with Crippen LogP contribution in [0.5, 0.6) is 0 Å². The van der Waals surface area contributed by atoms with Crippen molar-refractivity contribution in [1.29, 1.82) is 0 Å². The van der Waals surface area contributed by atoms with Crippen LogP contribution in [0.1, 0.15) is 131 Å². The van der Waals surface area contributed by atoms with E-state index < -0.39 is 0 Å². The van der Waals surface area contributed by atoms with Gasteiger partial charge in [0.05, 0.1) is 12.2 Å². The van der Waals surface area contributed by atoms with Crippen molar-refractivity contribution < 1.29 is 9.53 Å². The Labute approximate surface area is 173 Å². The van der Waals surface area contributed by atoms with E-state index in [4.69, 9.17) is 4.74 Å². The van der Waals surface area contributed by atoms with Crippen LogP contribution in [-0.4, -0.2) is 12.6 Å². The second-order valence-electron chi connectivity index (χ2n) is 8.87. The predicted octanol–water partition coefficient (Wildman–Crippen LogP) is 8.13. The molecule has 0 N–H and O–H groups in total. The average Bonchev–Trinajstić information content (AvgIpc) is 2.65. The van der Waals surface area contributed by atoms with E-state index in [1.807, 2.05) is 6.08 Å². The summed E-state index contributed by atoms with van der Waals surface area (Å²) in [6, 6.07) is 4.42. The molecule has 0 atom stereocenters. The molecule has 0 bridgehead atoms. The fourth-order valence-corrected chi connectivity index (χ4v) is 3.53. The third-order valence-corrected chi connectivity index (χ3v) is 5.37. The highest BCUT2D eigenvalue weighted by atomic mass is 16.5. The first kappa shape index (κ1) is 24.5. The molecule has 0 aliphatic carbocycles. The van der Waals surface area contributed by atoms with Crippen LogP contribution in [0.25, 0.3) is 0 Å². The molecule has 0 saturated heterocycles. The molecule has 2 nitrogen and oxygen atoms in total. The Kier molecular flexibility index (Phi) is 11.2. The Morgan fingerprint density at radius 2 is 1.36 bits per heavy atom. The van der Waals surface area contributed by atoms with Crippen LogP contribution in [0.4, 0.5) is 0 Å². The molecule has 0 aromatic heterocycles. The first-order valence-corrected chi connectivity index (χ1v) is 11.2. The lowest BCUT2D eigenvalue weighted by molar-refractivity contribution is 0.0494. The SMILES string of the molecule is C=CCCCCCCCCOC(=O)c1c(C(C)C)cc(C(C)C)cc1C(C)C. The van der Waals surface area contributed by atoms with Gasteiger partial charge in [0, 0.05) is 0 Å². The summed E-state index contributed by atoms with van der Waals surface area (Å²) in [7, 11) is 0. The number of allylic oxidation sites excluding steroid dienone is 1. The third kappa shape index (κ3) is 7.81. The quantitative estimate of drug-likeness (QED) is 0.194. The van der Waals surface area contributed by atoms with E-state index in [1.165, 1.54) is 31.2 Å². The molecular weight excluding hydrogens is 344 g/mol. The zero-order valence-corrected chi connectivity index (χ0v) is 19.1. The lowest BCUT2D eigenvalue weighted by atomic mass is 9.84. The van der Waals surface area contributed by atoms with Crippen molar-refractivity contribution >= 4 is 5.97 Å². The van der Waals surface area contributed by atoms with Gasteiger partial charge < -0.3 is 4.74 Å². The van der Waals surface area contributed by atoms with Gasteiger partial charge in [0.2, 0.25) is 0 Å². The number of hydrogen-bond donors (Lipinski definition) is 0. The highest BCUT2D eigenvalue weighted by Gasteiger charge is 2.23. The minimum atomic E-state index is -0.145. The van der Waals surface area contributed by atoms with E-state index in [9.17, 15) is 4.79 Å². The Hall–Kier alpha value is -1.57. The van der Waals surface area contributed by atoms with Crippen LogP contribution in [-0.2, 0) is 4.74 Å². The van der Waals surface area contributed by atoms with Gasteiger partial charge in [0.25, 0.3) is 0 Å². The molecule has 1 aromatic rings. The summed E-state index contributed by atoms with van der Waals surface area (Å²) in [6.07, 6.45) is 10.2. The number of unbranched alkanes of at least 4 members (excludes halogenated alkanes) is 6. The van der Waals surface area contributed by atoms with E-state index in [0.29, 0.717) is 24.4 Å². The summed E-state index contributed by atoms with van der Waals surface area (Å²) in [5, 5.41) is 0. The molecule has 0 unspecified atom stereocenters. The van der Waals surface area contributed by atoms with Gasteiger partial charge in [-0.1, -0.05) is 85.4 Å². The van der Waals surface area contributed by atoms with E-state index in [2.05, 4.69) is 60.3 Å². The largest absolute Gasteiger partial charge is 0.462 e. The van der Waals surface area contributed by atoms with Crippen molar-refractivity contribution in [2.24, 2.45) is 0 Å². The van der Waals surface area contributed by atoms with Gasteiger partial charge >= 0.3 is 5.97 Å². The van der Waals surface area contributed by atoms with Crippen LogP contribution in [0.3, 0.4) is 0 Å². The fraction of sp³-hybridized carbons (Fsp3) is 0.654. The highest BCUT2D eigenvalue weighted by molar-refractivity contribution is 5.93. The smallest absolute Gasteiger partial charge is 0.338 e. The second-order valence-corrected chi connectivity index (χ2v) is 8.87. The monoisotopic (exact) mass is 386 g/mol. The lowest BCUT2D eigenvalue weighted by Gasteiger charge is -2.22. The van der Waals surface area contributed by atoms with Crippen LogP contribution in [0.2, 0.25) is 0 Å². The molecular formula is C26H42O2. The lowest BCUT2D eigenvalue weighted by Crippen LogP contribution is -2.15. The van der Waals surface area contributed by atoms with Gasteiger partial charge in [-0.05, 0) is 53.7 Å². The number of hydrogen-bond acceptors (Lipinski definition) is 2. The summed E-state index contributed by atoms with van der Waals surface area (Å²) in [4.78, 5) is 13.0. The second kappa shape index (κ2) is 12.8. The van der Waals surface area contributed by atoms with E-state index in [1.54, 1.807) is 0 Å². The Morgan fingerprint density at radius 3 is 1.82 bits per heavy atom. The number of rotatable bonds is 13. The number of carbonyl (C=O) groups excluding carboxylic acids is 1. The molecule has 0 aliphatic rings. The van der Waals surface area contributed by atoms with Gasteiger partial charge in [-0.15, -0.1) is 6.58 Å². The van der Waals surface area contributed by atoms with Crippen molar-refractivity contribution in [3.05, 3.63) is 47.0 Å². The van der Waals surface area contributed by atoms with E-state index in [-0.39, 0.29) is 5.97 Å². The van der Waals surface area contributed by atoms with Gasteiger partial charge in [-0.25, -0.2) is 4.79 Å². The first-order chi connectivity index (χ1) is 13.3. The molecule has 0 heterocycles. The minimum absolute atomic E-state index is 0.145. The van der Waals surface area contributed by atoms with Crippen molar-refractivity contribution in [2.45, 2.75) is 104 Å². The zero-order valence-electron chi connectivity index (χ0n) is 19.1. The van der Waals surface area contributed by atoms with Crippen molar-refractivity contribution in [3.8, 4) is 0 Å². The van der Waals surface area contributed by atoms with E-state index >= 15 is 0 Å². The summed E-state index contributed by atoms with van der Waals surface area (Å²) in [5.74, 6) is 0.906. The number of benzene rings is 1. The molecule has 1 aromatic carbocycles. The molecule has 158 valence electrons. The van der Waals surface area contributed by atoms with E-state index in [0.717, 1.165) is 36.0 Å². The van der Waals surface area contributed by atoms with Crippen LogP contribution in [0, 0.1) is 0 Å². The van der Waals surface area contributed by atoms with Gasteiger partial charge in [0.15, 0.2) is 0 Å². The standard InChI is InChI=1S/C26H42O2/c1-8-9-10-11-12-13-14-15-16-28-26(27)25-23(20(4)5)17-22(19(2)3)18-24(25)21(6)7/h8,17-21H,1,9-16H2,2-7H3. The zero-order chi connectivity index (χ0) is 21.1. The Bertz CT molecular complexity index is 582. The maximum absolute atomic E-state index is 13.0. The Balaban J connectivity index is 2.72. The van der Waals surface area contributed by atoms with Crippen LogP contribution in [0.15, 0.2) is 24.8 Å². The predicted molar refractivity (Wildman–Crippen MR) is 122 cm³/mol. The number of ether oxygens (including phenoxy) is 1. The van der Waals surface area contributed by atoms with Gasteiger partial charge in [-0.3, -0.25) is 0 Å². The summed E-state index contributed by atoms with van der Waals surface area (Å²) < 4.78 is 5.70. The maximum Gasteiger partial charge on any atom is 0.338 e. The normalized spacial score (nSPS) is 11.5. The topological polar surface area (TPSA) is 26.3 Å². The van der Waals surface area contributed by atoms with Crippen LogP contribution < -0.4 is 0 Å². The van der Waals surface area contributed by atoms with Crippen molar-refractivity contribution in [3.63, 3.8) is 0 Å². The summed E-state index contributed by atoms with van der Waals surface area (Å²) in [5.41, 5.74) is 4.36. The third-order valence-electron chi connectivity index (χ3n) is 5.37. The molecule has 2 heteroatoms. The highest BCUT2D eigenvalue weighted by Crippen LogP contribution is 2.32. The number of esters is 1. The molecule has 0 radical (unpaired) electrons. The average molecular weight is 387 g/mol. The van der Waals surface area contributed by atoms with Gasteiger partial charge in [-0.2, -0.15) is 0 Å². The maximum atomic E-state index is 13.0. The van der Waals surface area contributed by atoms with Crippen LogP contribution >= 0.6 is 0 Å². The first-order valence-electron chi connectivity index (χ1n) is 11.2. The van der Waals surface area contributed by atoms with Gasteiger partial charge in [0.1, 0.15) is 0 Å². The molecule has 1 rings (SSSR count). The molecule has 0 aliphatic heterocycles. The molecule has 0 fully saturated rings.